The van der Waals surface area contributed by atoms with Gasteiger partial charge in [-0.15, -0.1) is 0 Å². The molecule has 0 aromatic carbocycles. The standard InChI is InChI=1S/C3H8O3S2.Na/c4-2-1-3-8(5,6)7;/h4H,1-3H2,(H,5,6,7);. The van der Waals surface area contributed by atoms with E-state index < -0.39 is 8.77 Å². The average Bonchev–Trinajstić information content (AvgIpc) is 1.59. The third kappa shape index (κ3) is 12.5. The molecule has 1 unspecified atom stereocenters. The van der Waals surface area contributed by atoms with Gasteiger partial charge in [-0.2, -0.15) is 0 Å². The Balaban J connectivity index is 0. The fraction of sp³-hybridized carbons (Fsp3) is 1.00. The minimum absolute atomic E-state index is 0. The van der Waals surface area contributed by atoms with E-state index in [4.69, 9.17) is 9.66 Å². The molecule has 3 nitrogen and oxygen atoms in total. The Morgan fingerprint density at radius 1 is 1.56 bits per heavy atom. The number of rotatable bonds is 3. The van der Waals surface area contributed by atoms with E-state index in [2.05, 4.69) is 11.2 Å². The third-order valence-electron chi connectivity index (χ3n) is 0.560. The monoisotopic (exact) mass is 179 g/mol. The predicted octanol–water partition coefficient (Wildman–Crippen LogP) is -0.793. The van der Waals surface area contributed by atoms with Crippen molar-refractivity contribution in [2.24, 2.45) is 0 Å². The summed E-state index contributed by atoms with van der Waals surface area (Å²) in [6.45, 7) is -0.0752. The molecule has 9 heavy (non-hydrogen) atoms. The number of hydrogen-bond acceptors (Lipinski definition) is 3. The van der Waals surface area contributed by atoms with Crippen LogP contribution in [-0.2, 0) is 20.0 Å². The Morgan fingerprint density at radius 3 is 2.11 bits per heavy atom. The molecule has 0 spiro atoms. The molecule has 0 amide bonds. The summed E-state index contributed by atoms with van der Waals surface area (Å²) < 4.78 is 18.6. The zero-order valence-electron chi connectivity index (χ0n) is 5.24. The van der Waals surface area contributed by atoms with Gasteiger partial charge in [0.2, 0.25) is 0 Å². The van der Waals surface area contributed by atoms with Crippen molar-refractivity contribution in [3.8, 4) is 0 Å². The molecule has 0 saturated heterocycles. The van der Waals surface area contributed by atoms with Gasteiger partial charge in [0.05, 0.1) is 5.75 Å². The van der Waals surface area contributed by atoms with Crippen molar-refractivity contribution in [3.63, 3.8) is 0 Å². The number of hydrogen-bond donors (Lipinski definition) is 2. The fourth-order valence-corrected chi connectivity index (χ4v) is 1.09. The average molecular weight is 179 g/mol. The van der Waals surface area contributed by atoms with Crippen LogP contribution < -0.4 is 0 Å². The normalized spacial score (nSPS) is 15.8. The van der Waals surface area contributed by atoms with Crippen LogP contribution in [0.3, 0.4) is 0 Å². The predicted molar refractivity (Wildman–Crippen MR) is 40.5 cm³/mol. The van der Waals surface area contributed by atoms with Crippen LogP contribution in [0.25, 0.3) is 0 Å². The maximum atomic E-state index is 10.2. The molecule has 0 aromatic heterocycles. The van der Waals surface area contributed by atoms with Crippen LogP contribution in [0.4, 0.5) is 0 Å². The summed E-state index contributed by atoms with van der Waals surface area (Å²) in [6.07, 6.45) is 0.304. The number of aliphatic hydroxyl groups excluding tert-OH is 1. The summed E-state index contributed by atoms with van der Waals surface area (Å²) in [7, 11) is -3.01. The van der Waals surface area contributed by atoms with Crippen LogP contribution in [0.5, 0.6) is 0 Å². The molecule has 0 fully saturated rings. The van der Waals surface area contributed by atoms with E-state index in [1.54, 1.807) is 0 Å². The van der Waals surface area contributed by atoms with E-state index in [-0.39, 0.29) is 41.9 Å². The molecule has 1 radical (unpaired) electrons. The van der Waals surface area contributed by atoms with Gasteiger partial charge in [-0.1, -0.05) is 0 Å². The van der Waals surface area contributed by atoms with Gasteiger partial charge in [-0.25, -0.2) is 4.21 Å². The van der Waals surface area contributed by atoms with Crippen molar-refractivity contribution in [2.45, 2.75) is 6.42 Å². The van der Waals surface area contributed by atoms with Crippen molar-refractivity contribution in [1.82, 2.24) is 0 Å². The van der Waals surface area contributed by atoms with Gasteiger partial charge in [0.15, 0.2) is 0 Å². The topological polar surface area (TPSA) is 57.5 Å². The summed E-state index contributed by atoms with van der Waals surface area (Å²) in [6, 6.07) is 0. The molecule has 6 heteroatoms. The molecule has 1 atom stereocenters. The van der Waals surface area contributed by atoms with Gasteiger partial charge < -0.3 is 9.66 Å². The van der Waals surface area contributed by atoms with E-state index in [1.807, 2.05) is 0 Å². The van der Waals surface area contributed by atoms with Gasteiger partial charge in [0.25, 0.3) is 0 Å². The number of aliphatic hydroxyl groups is 1. The Kier molecular flexibility index (Phi) is 8.66. The molecule has 0 aliphatic heterocycles. The van der Waals surface area contributed by atoms with Crippen LogP contribution in [-0.4, -0.2) is 55.8 Å². The van der Waals surface area contributed by atoms with Crippen LogP contribution in [0, 0.1) is 0 Å². The maximum absolute atomic E-state index is 10.2. The summed E-state index contributed by atoms with van der Waals surface area (Å²) in [4.78, 5) is 0. The summed E-state index contributed by atoms with van der Waals surface area (Å²) in [5, 5.41) is 8.15. The molecule has 0 rings (SSSR count). The van der Waals surface area contributed by atoms with E-state index in [1.165, 1.54) is 0 Å². The Morgan fingerprint density at radius 2 is 2.00 bits per heavy atom. The zero-order valence-corrected chi connectivity index (χ0v) is 8.87. The fourth-order valence-electron chi connectivity index (χ4n) is 0.247. The van der Waals surface area contributed by atoms with E-state index in [0.717, 1.165) is 0 Å². The van der Waals surface area contributed by atoms with Crippen molar-refractivity contribution >= 4 is 49.5 Å². The van der Waals surface area contributed by atoms with Gasteiger partial charge in [0.1, 0.15) is 8.77 Å². The van der Waals surface area contributed by atoms with Crippen LogP contribution >= 0.6 is 0 Å². The van der Waals surface area contributed by atoms with Gasteiger partial charge in [-0.3, -0.25) is 0 Å². The second kappa shape index (κ2) is 6.03. The van der Waals surface area contributed by atoms with Gasteiger partial charge in [0, 0.05) is 47.4 Å². The third-order valence-corrected chi connectivity index (χ3v) is 1.86. The Bertz CT molecular complexity index is 141. The first-order valence-electron chi connectivity index (χ1n) is 2.12. The second-order valence-electron chi connectivity index (χ2n) is 1.36. The molecule has 0 aliphatic rings. The summed E-state index contributed by atoms with van der Waals surface area (Å²) >= 11 is 4.12. The van der Waals surface area contributed by atoms with Crippen molar-refractivity contribution in [1.29, 1.82) is 0 Å². The zero-order chi connectivity index (χ0) is 6.62. The van der Waals surface area contributed by atoms with E-state index >= 15 is 0 Å². The smallest absolute Gasteiger partial charge is 0.141 e. The summed E-state index contributed by atoms with van der Waals surface area (Å²) in [5.74, 6) is 0.0127. The van der Waals surface area contributed by atoms with Crippen LogP contribution in [0.2, 0.25) is 0 Å². The quantitative estimate of drug-likeness (QED) is 0.557. The first kappa shape index (κ1) is 12.9. The maximum Gasteiger partial charge on any atom is 0.141 e. The molecule has 0 heterocycles. The molecule has 0 bridgehead atoms. The van der Waals surface area contributed by atoms with Crippen LogP contribution in [0.1, 0.15) is 6.42 Å². The van der Waals surface area contributed by atoms with Crippen molar-refractivity contribution < 1.29 is 13.9 Å². The Labute approximate surface area is 81.6 Å². The first-order valence-corrected chi connectivity index (χ1v) is 4.73. The molecule has 0 aromatic rings. The minimum atomic E-state index is -3.01. The molecule has 51 valence electrons. The van der Waals surface area contributed by atoms with Gasteiger partial charge >= 0.3 is 0 Å². The molecular formula is C3H8NaO3S2. The van der Waals surface area contributed by atoms with Crippen molar-refractivity contribution in [2.75, 3.05) is 12.4 Å². The second-order valence-corrected chi connectivity index (χ2v) is 4.50. The summed E-state index contributed by atoms with van der Waals surface area (Å²) in [5.41, 5.74) is 0. The molecular weight excluding hydrogens is 171 g/mol. The van der Waals surface area contributed by atoms with E-state index in [0.29, 0.717) is 6.42 Å². The SMILES string of the molecule is O=S(O)(=S)CCCO.[Na]. The largest absolute Gasteiger partial charge is 0.396 e. The minimum Gasteiger partial charge on any atom is -0.396 e. The molecule has 0 aliphatic carbocycles. The van der Waals surface area contributed by atoms with Crippen LogP contribution in [0.15, 0.2) is 0 Å². The molecule has 0 saturated carbocycles. The molecule has 2 N–H and O–H groups in total. The van der Waals surface area contributed by atoms with E-state index in [9.17, 15) is 4.21 Å². The van der Waals surface area contributed by atoms with Crippen molar-refractivity contribution in [3.05, 3.63) is 0 Å². The Hall–Kier alpha value is 1.29. The first-order chi connectivity index (χ1) is 3.56. The van der Waals surface area contributed by atoms with Gasteiger partial charge in [-0.05, 0) is 6.42 Å².